The molecule has 1 heterocycles. The van der Waals surface area contributed by atoms with Crippen molar-refractivity contribution < 1.29 is 17.9 Å². The molecule has 0 fully saturated rings. The lowest BCUT2D eigenvalue weighted by molar-refractivity contribution is 0.415. The van der Waals surface area contributed by atoms with Crippen LogP contribution in [0.15, 0.2) is 18.5 Å². The number of hydrogen-bond acceptors (Lipinski definition) is 6. The van der Waals surface area contributed by atoms with Gasteiger partial charge in [-0.1, -0.05) is 0 Å². The van der Waals surface area contributed by atoms with Gasteiger partial charge in [0.25, 0.3) is 0 Å². The van der Waals surface area contributed by atoms with Gasteiger partial charge in [-0.05, 0) is 0 Å². The summed E-state index contributed by atoms with van der Waals surface area (Å²) in [6, 6.07) is 1.57. The van der Waals surface area contributed by atoms with E-state index in [2.05, 4.69) is 20.7 Å². The van der Waals surface area contributed by atoms with E-state index < -0.39 is 17.5 Å². The summed E-state index contributed by atoms with van der Waals surface area (Å²) in [6.45, 7) is 0. The van der Waals surface area contributed by atoms with Crippen molar-refractivity contribution in [2.24, 2.45) is 5.84 Å². The molecule has 0 radical (unpaired) electrons. The zero-order chi connectivity index (χ0) is 14.7. The highest BCUT2D eigenvalue weighted by molar-refractivity contribution is 5.69. The van der Waals surface area contributed by atoms with Crippen LogP contribution in [0.2, 0.25) is 0 Å². The van der Waals surface area contributed by atoms with E-state index in [1.165, 1.54) is 7.11 Å². The van der Waals surface area contributed by atoms with Crippen LogP contribution in [0.25, 0.3) is 0 Å². The topological polar surface area (TPSA) is 85.1 Å². The summed E-state index contributed by atoms with van der Waals surface area (Å²) in [6.07, 6.45) is 1.16. The molecule has 2 rings (SSSR count). The lowest BCUT2D eigenvalue weighted by atomic mass is 10.3. The minimum absolute atomic E-state index is 0.0404. The number of nitrogen functional groups attached to an aromatic ring is 1. The molecule has 0 amide bonds. The van der Waals surface area contributed by atoms with Gasteiger partial charge in [-0.3, -0.25) is 0 Å². The van der Waals surface area contributed by atoms with Crippen LogP contribution in [0.1, 0.15) is 0 Å². The number of aromatic nitrogens is 2. The summed E-state index contributed by atoms with van der Waals surface area (Å²) >= 11 is 0. The number of ether oxygens (including phenoxy) is 1. The molecule has 1 aromatic heterocycles. The molecule has 0 aliphatic heterocycles. The first kappa shape index (κ1) is 13.9. The van der Waals surface area contributed by atoms with Gasteiger partial charge in [0.15, 0.2) is 29.1 Å². The van der Waals surface area contributed by atoms with Gasteiger partial charge in [0.1, 0.15) is 6.33 Å². The largest absolute Gasteiger partial charge is 0.490 e. The summed E-state index contributed by atoms with van der Waals surface area (Å²) in [5, 5.41) is 2.59. The molecule has 6 nitrogen and oxygen atoms in total. The average Bonchev–Trinajstić information content (AvgIpc) is 2.44. The number of rotatable bonds is 4. The van der Waals surface area contributed by atoms with Crippen molar-refractivity contribution in [2.45, 2.75) is 0 Å². The van der Waals surface area contributed by atoms with Crippen molar-refractivity contribution in [3.8, 4) is 5.75 Å². The number of methoxy groups -OCH3 is 1. The molecule has 0 aliphatic rings. The highest BCUT2D eigenvalue weighted by Crippen LogP contribution is 2.31. The molecule has 0 saturated heterocycles. The summed E-state index contributed by atoms with van der Waals surface area (Å²) in [7, 11) is 1.34. The van der Waals surface area contributed by atoms with Crippen molar-refractivity contribution in [2.75, 3.05) is 17.9 Å². The quantitative estimate of drug-likeness (QED) is 0.452. The van der Waals surface area contributed by atoms with Crippen LogP contribution < -0.4 is 21.3 Å². The lowest BCUT2D eigenvalue weighted by Crippen LogP contribution is -2.11. The molecule has 0 bridgehead atoms. The minimum atomic E-state index is -1.55. The average molecular weight is 285 g/mol. The van der Waals surface area contributed by atoms with Gasteiger partial charge in [-0.15, -0.1) is 0 Å². The smallest absolute Gasteiger partial charge is 0.205 e. The number of nitrogens with one attached hydrogen (secondary N) is 2. The van der Waals surface area contributed by atoms with Crippen molar-refractivity contribution in [1.82, 2.24) is 9.97 Å². The Kier molecular flexibility index (Phi) is 3.89. The fraction of sp³-hybridized carbons (Fsp3) is 0.0909. The molecule has 106 valence electrons. The Labute approximate surface area is 111 Å². The fourth-order valence-electron chi connectivity index (χ4n) is 1.52. The van der Waals surface area contributed by atoms with Crippen LogP contribution in [0, 0.1) is 17.5 Å². The van der Waals surface area contributed by atoms with E-state index in [4.69, 9.17) is 10.6 Å². The maximum Gasteiger partial charge on any atom is 0.205 e. The summed E-state index contributed by atoms with van der Waals surface area (Å²) in [4.78, 5) is 7.65. The third kappa shape index (κ3) is 2.57. The molecule has 4 N–H and O–H groups in total. The van der Waals surface area contributed by atoms with Gasteiger partial charge in [-0.25, -0.2) is 29.0 Å². The van der Waals surface area contributed by atoms with Crippen LogP contribution in [-0.2, 0) is 0 Å². The Bertz CT molecular complexity index is 614. The van der Waals surface area contributed by atoms with Gasteiger partial charge in [0, 0.05) is 17.8 Å². The Balaban J connectivity index is 2.40. The predicted octanol–water partition coefficient (Wildman–Crippen LogP) is 1.93. The normalized spacial score (nSPS) is 10.2. The van der Waals surface area contributed by atoms with E-state index in [9.17, 15) is 13.2 Å². The number of benzene rings is 1. The van der Waals surface area contributed by atoms with Crippen molar-refractivity contribution >= 4 is 17.3 Å². The third-order valence-electron chi connectivity index (χ3n) is 2.39. The first-order valence-corrected chi connectivity index (χ1v) is 5.34. The minimum Gasteiger partial charge on any atom is -0.490 e. The SMILES string of the molecule is COc1c(NN)ncnc1Nc1cc(F)c(F)c(F)c1. The summed E-state index contributed by atoms with van der Waals surface area (Å²) < 4.78 is 44.1. The number of nitrogens with zero attached hydrogens (tertiary/aromatic N) is 2. The molecular formula is C11H10F3N5O. The molecule has 1 aromatic carbocycles. The first-order chi connectivity index (χ1) is 9.56. The van der Waals surface area contributed by atoms with Crippen LogP contribution in [0.3, 0.4) is 0 Å². The van der Waals surface area contributed by atoms with Gasteiger partial charge >= 0.3 is 0 Å². The van der Waals surface area contributed by atoms with Crippen molar-refractivity contribution in [3.05, 3.63) is 35.9 Å². The Morgan fingerprint density at radius 3 is 2.25 bits per heavy atom. The second-order valence-electron chi connectivity index (χ2n) is 3.63. The fourth-order valence-corrected chi connectivity index (χ4v) is 1.52. The van der Waals surface area contributed by atoms with Crippen molar-refractivity contribution in [1.29, 1.82) is 0 Å². The van der Waals surface area contributed by atoms with Crippen LogP contribution in [0.5, 0.6) is 5.75 Å². The molecule has 2 aromatic rings. The molecule has 0 unspecified atom stereocenters. The second-order valence-corrected chi connectivity index (χ2v) is 3.63. The Morgan fingerprint density at radius 1 is 1.10 bits per heavy atom. The molecular weight excluding hydrogens is 275 g/mol. The van der Waals surface area contributed by atoms with E-state index in [0.29, 0.717) is 0 Å². The lowest BCUT2D eigenvalue weighted by Gasteiger charge is -2.12. The maximum atomic E-state index is 13.1. The van der Waals surface area contributed by atoms with E-state index in [-0.39, 0.29) is 23.1 Å². The van der Waals surface area contributed by atoms with Gasteiger partial charge < -0.3 is 15.5 Å². The predicted molar refractivity (Wildman–Crippen MR) is 66.0 cm³/mol. The molecule has 20 heavy (non-hydrogen) atoms. The number of halogens is 3. The van der Waals surface area contributed by atoms with E-state index in [0.717, 1.165) is 18.5 Å². The molecule has 0 spiro atoms. The van der Waals surface area contributed by atoms with Crippen LogP contribution in [-0.4, -0.2) is 17.1 Å². The van der Waals surface area contributed by atoms with Gasteiger partial charge in [0.2, 0.25) is 5.75 Å². The van der Waals surface area contributed by atoms with Gasteiger partial charge in [-0.2, -0.15) is 0 Å². The zero-order valence-corrected chi connectivity index (χ0v) is 10.2. The Morgan fingerprint density at radius 2 is 1.70 bits per heavy atom. The monoisotopic (exact) mass is 285 g/mol. The van der Waals surface area contributed by atoms with Crippen LogP contribution >= 0.6 is 0 Å². The third-order valence-corrected chi connectivity index (χ3v) is 2.39. The van der Waals surface area contributed by atoms with E-state index in [1.807, 2.05) is 0 Å². The summed E-state index contributed by atoms with van der Waals surface area (Å²) in [5.41, 5.74) is 2.24. The second kappa shape index (κ2) is 5.61. The summed E-state index contributed by atoms with van der Waals surface area (Å²) in [5.74, 6) is 1.47. The van der Waals surface area contributed by atoms with Crippen LogP contribution in [0.4, 0.5) is 30.5 Å². The molecule has 9 heteroatoms. The number of anilines is 3. The number of hydrogen-bond donors (Lipinski definition) is 3. The molecule has 0 saturated carbocycles. The van der Waals surface area contributed by atoms with E-state index >= 15 is 0 Å². The number of hydrazine groups is 1. The highest BCUT2D eigenvalue weighted by Gasteiger charge is 2.14. The standard InChI is InChI=1S/C11H10F3N5O/c1-20-9-10(16-4-17-11(9)19-15)18-5-2-6(12)8(14)7(13)3-5/h2-4H,15H2,1H3,(H2,16,17,18,19). The Hall–Kier alpha value is -2.55. The van der Waals surface area contributed by atoms with Gasteiger partial charge in [0.05, 0.1) is 7.11 Å². The maximum absolute atomic E-state index is 13.1. The highest BCUT2D eigenvalue weighted by atomic mass is 19.2. The molecule has 0 aliphatic carbocycles. The van der Waals surface area contributed by atoms with Crippen molar-refractivity contribution in [3.63, 3.8) is 0 Å². The van der Waals surface area contributed by atoms with E-state index in [1.54, 1.807) is 0 Å². The zero-order valence-electron chi connectivity index (χ0n) is 10.2. The molecule has 0 atom stereocenters. The first-order valence-electron chi connectivity index (χ1n) is 5.34. The number of nitrogens with two attached hydrogens (primary N) is 1.